The van der Waals surface area contributed by atoms with Crippen LogP contribution < -0.4 is 60.0 Å². The molecule has 0 saturated heterocycles. The van der Waals surface area contributed by atoms with Crippen LogP contribution >= 0.6 is 11.6 Å². The number of nitrogens with two attached hydrogens (primary N) is 2. The van der Waals surface area contributed by atoms with Gasteiger partial charge in [0, 0.05) is 67.6 Å². The Morgan fingerprint density at radius 3 is 0.919 bits per heavy atom. The number of carboxylic acids is 4. The van der Waals surface area contributed by atoms with E-state index < -0.39 is 71.7 Å². The average molecular weight is 1950 g/mol. The Hall–Kier alpha value is -9.36. The summed E-state index contributed by atoms with van der Waals surface area (Å²) in [5, 5.41) is 67.3. The molecule has 47 heteroatoms. The minimum atomic E-state index is -1.33. The van der Waals surface area contributed by atoms with E-state index in [0.717, 1.165) is 44.6 Å². The number of hydrogen-bond donors (Lipinski definition) is 15. The number of hydroxylamine groups is 4. The number of alkyl halides is 1. The molecule has 0 unspecified atom stereocenters. The molecule has 4 rings (SSSR count). The maximum atomic E-state index is 13.1. The van der Waals surface area contributed by atoms with Crippen LogP contribution in [0.15, 0.2) is 118 Å². The fraction of sp³-hybridized carbons (Fsp3) is 0.629. The molecule has 4 aromatic rings. The highest BCUT2D eigenvalue weighted by Gasteiger charge is 2.26. The number of nitrogens with one attached hydrogen (secondary N) is 9. The number of benzene rings is 4. The molecule has 0 aliphatic rings. The number of azo groups is 2. The number of halogens is 1. The van der Waals surface area contributed by atoms with Crippen molar-refractivity contribution in [2.24, 2.45) is 43.8 Å². The summed E-state index contributed by atoms with van der Waals surface area (Å²) in [5.41, 5.74) is 25.6. The van der Waals surface area contributed by atoms with Crippen molar-refractivity contribution >= 4 is 111 Å². The van der Waals surface area contributed by atoms with Crippen molar-refractivity contribution in [1.82, 2.24) is 27.2 Å². The quantitative estimate of drug-likeness (QED) is 0.00692. The van der Waals surface area contributed by atoms with Crippen LogP contribution in [0.25, 0.3) is 0 Å². The highest BCUT2D eigenvalue weighted by molar-refractivity contribution is 6.17. The summed E-state index contributed by atoms with van der Waals surface area (Å²) in [5.74, 6) is -8.51. The lowest BCUT2D eigenvalue weighted by atomic mass is 9.94. The van der Waals surface area contributed by atoms with Crippen molar-refractivity contribution < 1.29 is 149 Å². The van der Waals surface area contributed by atoms with Gasteiger partial charge < -0.3 is 134 Å². The molecule has 0 bridgehead atoms. The smallest absolute Gasteiger partial charge is 0.320 e. The molecule has 17 N–H and O–H groups in total. The number of carbonyl (C=O) groups excluding carboxylic acids is 5. The summed E-state index contributed by atoms with van der Waals surface area (Å²) in [6.45, 7) is 13.6. The molecule has 0 spiro atoms. The number of ether oxygens (including phenoxy) is 14. The third kappa shape index (κ3) is 67.0. The number of rotatable bonds is 92. The molecule has 0 aliphatic carbocycles. The van der Waals surface area contributed by atoms with Crippen molar-refractivity contribution in [3.05, 3.63) is 97.1 Å². The number of carboxylic acid groups (broad SMARTS) is 4. The Bertz CT molecular complexity index is 3870. The zero-order chi connectivity index (χ0) is 98.0. The molecule has 136 heavy (non-hydrogen) atoms. The van der Waals surface area contributed by atoms with Gasteiger partial charge in [-0.05, 0) is 161 Å². The van der Waals surface area contributed by atoms with E-state index in [1.165, 1.54) is 0 Å². The van der Waals surface area contributed by atoms with Gasteiger partial charge in [0.15, 0.2) is 6.23 Å². The summed E-state index contributed by atoms with van der Waals surface area (Å²) in [6.07, 6.45) is 4.06. The molecular weight excluding hydrogens is 1810 g/mol. The second kappa shape index (κ2) is 81.6. The van der Waals surface area contributed by atoms with E-state index >= 15 is 0 Å². The first kappa shape index (κ1) is 119. The van der Waals surface area contributed by atoms with Crippen molar-refractivity contribution in [2.45, 2.75) is 115 Å². The van der Waals surface area contributed by atoms with Crippen LogP contribution in [0.3, 0.4) is 0 Å². The summed E-state index contributed by atoms with van der Waals surface area (Å²) in [6, 6.07) is 23.2. The fourth-order valence-corrected chi connectivity index (χ4v) is 11.6. The topological polar surface area (TPSA) is 610 Å². The first-order valence-electron chi connectivity index (χ1n) is 45.5. The van der Waals surface area contributed by atoms with Crippen molar-refractivity contribution in [3.63, 3.8) is 0 Å². The van der Waals surface area contributed by atoms with Gasteiger partial charge in [0.2, 0.25) is 29.5 Å². The van der Waals surface area contributed by atoms with Gasteiger partial charge in [-0.3, -0.25) is 52.8 Å². The largest absolute Gasteiger partial charge is 0.481 e. The number of amides is 5. The van der Waals surface area contributed by atoms with Crippen molar-refractivity contribution in [1.29, 1.82) is 0 Å². The third-order valence-electron chi connectivity index (χ3n) is 18.6. The Morgan fingerprint density at radius 1 is 0.294 bits per heavy atom. The molecule has 0 saturated carbocycles. The lowest BCUT2D eigenvalue weighted by molar-refractivity contribution is -0.145. The maximum absolute atomic E-state index is 13.1. The van der Waals surface area contributed by atoms with Crippen LogP contribution in [0.4, 0.5) is 45.5 Å². The molecule has 5 amide bonds. The Kier molecular flexibility index (Phi) is 71.4. The lowest BCUT2D eigenvalue weighted by Crippen LogP contribution is -2.41. The van der Waals surface area contributed by atoms with E-state index in [0.29, 0.717) is 230 Å². The second-order valence-corrected chi connectivity index (χ2v) is 30.1. The highest BCUT2D eigenvalue weighted by atomic mass is 35.5. The molecule has 0 heterocycles. The third-order valence-corrected chi connectivity index (χ3v) is 18.9. The van der Waals surface area contributed by atoms with E-state index in [4.69, 9.17) is 119 Å². The highest BCUT2D eigenvalue weighted by Crippen LogP contribution is 2.26. The minimum absolute atomic E-state index is 0.00202. The lowest BCUT2D eigenvalue weighted by Gasteiger charge is -2.19. The van der Waals surface area contributed by atoms with Gasteiger partial charge >= 0.3 is 23.9 Å². The number of carbonyl (C=O) groups is 9. The Labute approximate surface area is 797 Å². The van der Waals surface area contributed by atoms with Crippen molar-refractivity contribution in [3.8, 4) is 0 Å². The van der Waals surface area contributed by atoms with E-state index in [1.54, 1.807) is 97.1 Å². The molecule has 0 aliphatic heterocycles. The first-order valence-corrected chi connectivity index (χ1v) is 46.0. The Morgan fingerprint density at radius 2 is 0.596 bits per heavy atom. The van der Waals surface area contributed by atoms with E-state index in [-0.39, 0.29) is 116 Å². The molecule has 4 aromatic carbocycles. The fourth-order valence-electron chi connectivity index (χ4n) is 11.4. The summed E-state index contributed by atoms with van der Waals surface area (Å²) in [7, 11) is 0. The molecule has 0 radical (unpaired) electrons. The van der Waals surface area contributed by atoms with E-state index in [1.807, 2.05) is 0 Å². The predicted octanol–water partition coefficient (Wildman–Crippen LogP) is 7.05. The molecular formula is C89H140ClN15O31. The summed E-state index contributed by atoms with van der Waals surface area (Å²) in [4.78, 5) is 131. The number of nitrogens with zero attached hydrogens (tertiary/aromatic N) is 4. The first-order chi connectivity index (χ1) is 66.3. The zero-order valence-electron chi connectivity index (χ0n) is 77.3. The van der Waals surface area contributed by atoms with Gasteiger partial charge in [-0.15, -0.1) is 11.6 Å². The standard InChI is InChI=1S/C89H140ClN15O31/c90-30-3-1-2-4-33-119-38-39-120-36-31-94-133-34-7-35-134-95-32-37-121-40-41-122-42-43-123-44-45-124-46-47-125-48-49-126-50-51-127-52-53-128-54-55-129-56-57-130-58-59-131-60-61-132-62-63-135-105-85(136-96-67-84(110)100-73-18-26-77(27-19-73)104-102-75-22-14-71(15-23-75)98-82(108)11-6-9-69(87(113)114)65-79(92)89(117)118)29-28-80(106)93-66-83(109)99-72-16-24-76(25-17-72)103-101-74-20-12-70(13-21-74)97-81(107)10-5-8-68(86(111)112)64-78(91)88(115)116/h12-27,68-69,78-79,85,94-96,105H,1-11,28-67,91-92H2,(H,93,106)(H,97,107)(H,98,108)(H,99,109)(H,100,110)(H,111,112)(H,113,114)(H,115,116)(H,117,118)/t68-,69-,78-,79-,85+/m0/s1. The van der Waals surface area contributed by atoms with Crippen LogP contribution in [0, 0.1) is 11.8 Å². The number of aliphatic carboxylic acids is 4. The van der Waals surface area contributed by atoms with Crippen LogP contribution in [-0.2, 0) is 129 Å². The van der Waals surface area contributed by atoms with Gasteiger partial charge in [-0.25, -0.2) is 11.0 Å². The molecule has 46 nitrogen and oxygen atoms in total. The van der Waals surface area contributed by atoms with Gasteiger partial charge in [0.1, 0.15) is 18.6 Å². The zero-order valence-corrected chi connectivity index (χ0v) is 78.1. The second-order valence-electron chi connectivity index (χ2n) is 29.7. The SMILES string of the molecule is N[C@@H](C[C@H](CCCC(=O)Nc1ccc(N=Nc2ccc(NC(=O)CNO[C@H](CCC(=O)NCC(=O)Nc3ccc(N=Nc4ccc(NC(=O)CCC[C@@H](C[C@H](N)C(=O)O)C(=O)O)cc4)cc3)NOCCOCCOCCOCCOCCOCCOCCOCCOCCOCCOCCOCCOCCNOCCCONCCOCCOCCCCCCCl)cc2)cc1)C(=O)O)C(=O)O. The summed E-state index contributed by atoms with van der Waals surface area (Å²) >= 11 is 5.68. The molecule has 5 atom stereocenters. The number of hydrogen-bond acceptors (Lipinski definition) is 37. The molecule has 0 fully saturated rings. The van der Waals surface area contributed by atoms with Gasteiger partial charge in [0.05, 0.1) is 239 Å². The van der Waals surface area contributed by atoms with Gasteiger partial charge in [-0.2, -0.15) is 31.4 Å². The predicted molar refractivity (Wildman–Crippen MR) is 496 cm³/mol. The van der Waals surface area contributed by atoms with Crippen LogP contribution in [0.1, 0.15) is 96.3 Å². The van der Waals surface area contributed by atoms with Gasteiger partial charge in [0.25, 0.3) is 0 Å². The normalized spacial score (nSPS) is 12.6. The minimum Gasteiger partial charge on any atom is -0.481 e. The van der Waals surface area contributed by atoms with Gasteiger partial charge in [-0.1, -0.05) is 12.8 Å². The van der Waals surface area contributed by atoms with Crippen LogP contribution in [0.5, 0.6) is 0 Å². The van der Waals surface area contributed by atoms with E-state index in [9.17, 15) is 53.4 Å². The summed E-state index contributed by atoms with van der Waals surface area (Å²) < 4.78 is 77.8. The number of unbranched alkanes of at least 4 members (excludes halogenated alkanes) is 3. The van der Waals surface area contributed by atoms with Crippen LogP contribution in [-0.4, -0.2) is 329 Å². The maximum Gasteiger partial charge on any atom is 0.320 e. The van der Waals surface area contributed by atoms with Crippen molar-refractivity contribution in [2.75, 3.05) is 258 Å². The monoisotopic (exact) mass is 1950 g/mol. The van der Waals surface area contributed by atoms with Crippen LogP contribution in [0.2, 0.25) is 0 Å². The average Bonchev–Trinajstić information content (AvgIpc) is 0.883. The molecule has 764 valence electrons. The van der Waals surface area contributed by atoms with E-state index in [2.05, 4.69) is 69.0 Å². The number of anilines is 4. The Balaban J connectivity index is 0.996. The molecule has 0 aromatic heterocycles.